The van der Waals surface area contributed by atoms with Gasteiger partial charge in [0, 0.05) is 19.0 Å². The van der Waals surface area contributed by atoms with Gasteiger partial charge in [-0.2, -0.15) is 0 Å². The van der Waals surface area contributed by atoms with Gasteiger partial charge in [0.2, 0.25) is 5.95 Å². The molecule has 0 atom stereocenters. The smallest absolute Gasteiger partial charge is 0.414 e. The maximum Gasteiger partial charge on any atom is 0.414 e. The number of amides is 1. The summed E-state index contributed by atoms with van der Waals surface area (Å²) in [6.45, 7) is 1.04. The second-order valence-corrected chi connectivity index (χ2v) is 6.49. The number of carbonyl (C=O) groups is 1. The lowest BCUT2D eigenvalue weighted by atomic mass is 9.89. The highest BCUT2D eigenvalue weighted by atomic mass is 16.5. The van der Waals surface area contributed by atoms with Crippen LogP contribution in [-0.4, -0.2) is 28.8 Å². The quantitative estimate of drug-likeness (QED) is 0.790. The van der Waals surface area contributed by atoms with Crippen LogP contribution in [0.1, 0.15) is 43.4 Å². The Morgan fingerprint density at radius 3 is 2.81 bits per heavy atom. The number of hydrogen-bond acceptors (Lipinski definition) is 5. The lowest BCUT2D eigenvalue weighted by Gasteiger charge is -2.19. The summed E-state index contributed by atoms with van der Waals surface area (Å²) in [5, 5.41) is 2.55. The van der Waals surface area contributed by atoms with Gasteiger partial charge in [-0.25, -0.2) is 14.8 Å². The van der Waals surface area contributed by atoms with E-state index in [-0.39, 0.29) is 12.6 Å². The summed E-state index contributed by atoms with van der Waals surface area (Å²) in [5.41, 5.74) is 1.60. The van der Waals surface area contributed by atoms with Gasteiger partial charge < -0.3 is 4.74 Å². The first kappa shape index (κ1) is 18.0. The highest BCUT2D eigenvalue weighted by Crippen LogP contribution is 2.23. The molecule has 0 bridgehead atoms. The SMILES string of the molecule is O=C(Nc1nccc(C=NCC2CCCCC2)n1)OCc1ccccc1. The average Bonchev–Trinajstić information content (AvgIpc) is 2.68. The van der Waals surface area contributed by atoms with Crippen molar-refractivity contribution in [3.63, 3.8) is 0 Å². The third-order valence-electron chi connectivity index (χ3n) is 4.42. The van der Waals surface area contributed by atoms with Gasteiger partial charge in [0.15, 0.2) is 0 Å². The van der Waals surface area contributed by atoms with Crippen molar-refractivity contribution < 1.29 is 9.53 Å². The topological polar surface area (TPSA) is 76.5 Å². The molecule has 0 spiro atoms. The summed E-state index contributed by atoms with van der Waals surface area (Å²) in [6, 6.07) is 11.3. The van der Waals surface area contributed by atoms with E-state index in [1.54, 1.807) is 18.5 Å². The Morgan fingerprint density at radius 2 is 2.00 bits per heavy atom. The van der Waals surface area contributed by atoms with E-state index < -0.39 is 6.09 Å². The molecule has 0 radical (unpaired) electrons. The van der Waals surface area contributed by atoms with Gasteiger partial charge in [0.05, 0.1) is 5.69 Å². The molecule has 1 aliphatic carbocycles. The highest BCUT2D eigenvalue weighted by molar-refractivity contribution is 5.83. The van der Waals surface area contributed by atoms with Gasteiger partial charge in [0.25, 0.3) is 0 Å². The van der Waals surface area contributed by atoms with Gasteiger partial charge in [-0.15, -0.1) is 0 Å². The lowest BCUT2D eigenvalue weighted by molar-refractivity contribution is 0.155. The van der Waals surface area contributed by atoms with E-state index in [9.17, 15) is 4.79 Å². The first-order valence-corrected chi connectivity index (χ1v) is 9.10. The predicted molar refractivity (Wildman–Crippen MR) is 101 cm³/mol. The van der Waals surface area contributed by atoms with Crippen molar-refractivity contribution in [2.24, 2.45) is 10.9 Å². The van der Waals surface area contributed by atoms with Crippen molar-refractivity contribution in [3.05, 3.63) is 53.9 Å². The van der Waals surface area contributed by atoms with Gasteiger partial charge in [-0.1, -0.05) is 49.6 Å². The molecule has 26 heavy (non-hydrogen) atoms. The largest absolute Gasteiger partial charge is 0.444 e. The van der Waals surface area contributed by atoms with Crippen LogP contribution in [0.5, 0.6) is 0 Å². The summed E-state index contributed by atoms with van der Waals surface area (Å²) in [4.78, 5) is 24.7. The number of benzene rings is 1. The number of aliphatic imine (C=N–C) groups is 1. The van der Waals surface area contributed by atoms with Crippen molar-refractivity contribution in [2.75, 3.05) is 11.9 Å². The van der Waals surface area contributed by atoms with E-state index in [1.807, 2.05) is 30.3 Å². The minimum Gasteiger partial charge on any atom is -0.444 e. The molecule has 0 saturated heterocycles. The van der Waals surface area contributed by atoms with Crippen molar-refractivity contribution in [2.45, 2.75) is 38.7 Å². The van der Waals surface area contributed by atoms with Crippen molar-refractivity contribution in [1.29, 1.82) is 0 Å². The molecule has 1 amide bonds. The zero-order valence-electron chi connectivity index (χ0n) is 14.8. The molecule has 6 heteroatoms. The van der Waals surface area contributed by atoms with Crippen LogP contribution in [-0.2, 0) is 11.3 Å². The molecular formula is C20H24N4O2. The fourth-order valence-corrected chi connectivity index (χ4v) is 3.02. The maximum atomic E-state index is 11.9. The van der Waals surface area contributed by atoms with Crippen LogP contribution in [0.15, 0.2) is 47.6 Å². The summed E-state index contributed by atoms with van der Waals surface area (Å²) in [7, 11) is 0. The van der Waals surface area contributed by atoms with Crippen LogP contribution in [0.4, 0.5) is 10.7 Å². The average molecular weight is 352 g/mol. The summed E-state index contributed by atoms with van der Waals surface area (Å²) >= 11 is 0. The fraction of sp³-hybridized carbons (Fsp3) is 0.400. The van der Waals surface area contributed by atoms with Gasteiger partial charge in [0.1, 0.15) is 6.61 Å². The molecule has 0 aliphatic heterocycles. The number of hydrogen-bond donors (Lipinski definition) is 1. The molecular weight excluding hydrogens is 328 g/mol. The van der Waals surface area contributed by atoms with E-state index >= 15 is 0 Å². The Hall–Kier alpha value is -2.76. The first-order chi connectivity index (χ1) is 12.8. The first-order valence-electron chi connectivity index (χ1n) is 9.10. The molecule has 2 aromatic rings. The zero-order valence-corrected chi connectivity index (χ0v) is 14.8. The van der Waals surface area contributed by atoms with Crippen LogP contribution in [0.3, 0.4) is 0 Å². The van der Waals surface area contributed by atoms with Crippen LogP contribution in [0, 0.1) is 5.92 Å². The molecule has 1 fully saturated rings. The molecule has 1 saturated carbocycles. The summed E-state index contributed by atoms with van der Waals surface area (Å²) < 4.78 is 5.17. The van der Waals surface area contributed by atoms with Gasteiger partial charge in [-0.05, 0) is 30.4 Å². The number of rotatable bonds is 6. The number of ether oxygens (including phenoxy) is 1. The molecule has 1 aromatic heterocycles. The number of anilines is 1. The Labute approximate surface area is 153 Å². The van der Waals surface area contributed by atoms with E-state index in [1.165, 1.54) is 32.1 Å². The number of nitrogens with one attached hydrogen (secondary N) is 1. The number of carbonyl (C=O) groups excluding carboxylic acids is 1. The lowest BCUT2D eigenvalue weighted by Crippen LogP contribution is -2.16. The molecule has 0 unspecified atom stereocenters. The van der Waals surface area contributed by atoms with Crippen molar-refractivity contribution in [1.82, 2.24) is 9.97 Å². The second-order valence-electron chi connectivity index (χ2n) is 6.49. The summed E-state index contributed by atoms with van der Waals surface area (Å²) in [5.74, 6) is 0.900. The standard InChI is InChI=1S/C20H24N4O2/c25-20(26-15-17-9-5-2-6-10-17)24-19-22-12-11-18(23-19)14-21-13-16-7-3-1-4-8-16/h2,5-6,9-12,14,16H,1,3-4,7-8,13,15H2,(H,22,23,24,25). The Morgan fingerprint density at radius 1 is 1.19 bits per heavy atom. The summed E-state index contributed by atoms with van der Waals surface area (Å²) in [6.07, 6.45) is 9.27. The maximum absolute atomic E-state index is 11.9. The van der Waals surface area contributed by atoms with Crippen LogP contribution >= 0.6 is 0 Å². The molecule has 1 aliphatic rings. The predicted octanol–water partition coefficient (Wildman–Crippen LogP) is 4.22. The number of nitrogens with zero attached hydrogens (tertiary/aromatic N) is 3. The highest BCUT2D eigenvalue weighted by Gasteiger charge is 2.12. The van der Waals surface area contributed by atoms with E-state index in [2.05, 4.69) is 20.3 Å². The fourth-order valence-electron chi connectivity index (χ4n) is 3.02. The Bertz CT molecular complexity index is 728. The van der Waals surface area contributed by atoms with Crippen LogP contribution in [0.2, 0.25) is 0 Å². The molecule has 6 nitrogen and oxygen atoms in total. The van der Waals surface area contributed by atoms with E-state index in [0.717, 1.165) is 12.1 Å². The van der Waals surface area contributed by atoms with Gasteiger partial charge >= 0.3 is 6.09 Å². The van der Waals surface area contributed by atoms with E-state index in [4.69, 9.17) is 4.74 Å². The van der Waals surface area contributed by atoms with Crippen molar-refractivity contribution in [3.8, 4) is 0 Å². The molecule has 136 valence electrons. The third-order valence-corrected chi connectivity index (χ3v) is 4.42. The minimum atomic E-state index is -0.579. The van der Waals surface area contributed by atoms with Crippen LogP contribution in [0.25, 0.3) is 0 Å². The second kappa shape index (κ2) is 9.65. The van der Waals surface area contributed by atoms with Crippen molar-refractivity contribution >= 4 is 18.3 Å². The molecule has 1 heterocycles. The van der Waals surface area contributed by atoms with Crippen LogP contribution < -0.4 is 5.32 Å². The monoisotopic (exact) mass is 352 g/mol. The number of aromatic nitrogens is 2. The molecule has 1 N–H and O–H groups in total. The Balaban J connectivity index is 1.47. The Kier molecular flexibility index (Phi) is 6.70. The molecule has 1 aromatic carbocycles. The normalized spacial score (nSPS) is 15.1. The van der Waals surface area contributed by atoms with Gasteiger partial charge in [-0.3, -0.25) is 10.3 Å². The van der Waals surface area contributed by atoms with E-state index in [0.29, 0.717) is 11.6 Å². The molecule has 3 rings (SSSR count). The third kappa shape index (κ3) is 5.95. The minimum absolute atomic E-state index is 0.204. The zero-order chi connectivity index (χ0) is 18.0.